The number of aryl methyl sites for hydroxylation is 1. The fourth-order valence-electron chi connectivity index (χ4n) is 6.49. The molecule has 8 aromatic rings. The molecule has 45 heavy (non-hydrogen) atoms. The Bertz CT molecular complexity index is 2370. The minimum absolute atomic E-state index is 0.923. The van der Waals surface area contributed by atoms with Gasteiger partial charge in [-0.1, -0.05) is 116 Å². The van der Waals surface area contributed by atoms with E-state index in [0.717, 1.165) is 33.8 Å². The number of nitrogens with zero attached hydrogens (tertiary/aromatic N) is 2. The molecule has 1 aromatic heterocycles. The second-order valence-electron chi connectivity index (χ2n) is 11.6. The molecule has 0 amide bonds. The first kappa shape index (κ1) is 27.4. The lowest BCUT2D eigenvalue weighted by Crippen LogP contribution is -1.89. The quantitative estimate of drug-likeness (QED) is 0.133. The van der Waals surface area contributed by atoms with Crippen LogP contribution in [0.1, 0.15) is 30.9 Å². The largest absolute Gasteiger partial charge is 0.256 e. The smallest absolute Gasteiger partial charge is 0.126 e. The zero-order chi connectivity index (χ0) is 30.2. The van der Waals surface area contributed by atoms with Crippen molar-refractivity contribution in [2.24, 2.45) is 4.99 Å². The predicted octanol–water partition coefficient (Wildman–Crippen LogP) is 12.2. The third kappa shape index (κ3) is 5.09. The highest BCUT2D eigenvalue weighted by Crippen LogP contribution is 2.41. The number of para-hydroxylation sites is 1. The van der Waals surface area contributed by atoms with Crippen molar-refractivity contribution >= 4 is 65.8 Å². The Hall–Kier alpha value is -5.12. The maximum atomic E-state index is 5.34. The number of thiazole rings is 1. The number of aromatic nitrogens is 1. The van der Waals surface area contributed by atoms with Crippen molar-refractivity contribution < 1.29 is 0 Å². The summed E-state index contributed by atoms with van der Waals surface area (Å²) in [5, 5.41) is 8.44. The predicted molar refractivity (Wildman–Crippen MR) is 195 cm³/mol. The van der Waals surface area contributed by atoms with Crippen LogP contribution in [0.15, 0.2) is 138 Å². The van der Waals surface area contributed by atoms with Crippen LogP contribution in [-0.4, -0.2) is 11.2 Å². The third-order valence-corrected chi connectivity index (χ3v) is 9.77. The van der Waals surface area contributed by atoms with Crippen molar-refractivity contribution in [1.82, 2.24) is 4.98 Å². The highest BCUT2D eigenvalue weighted by Gasteiger charge is 2.17. The third-order valence-electron chi connectivity index (χ3n) is 8.73. The number of hydrogen-bond acceptors (Lipinski definition) is 3. The first-order valence-corrected chi connectivity index (χ1v) is 16.5. The molecule has 7 aromatic carbocycles. The number of benzene rings is 7. The highest BCUT2D eigenvalue weighted by atomic mass is 32.1. The molecule has 0 saturated carbocycles. The van der Waals surface area contributed by atoms with Crippen LogP contribution in [0.4, 0.5) is 5.69 Å². The van der Waals surface area contributed by atoms with Crippen LogP contribution in [0, 0.1) is 0 Å². The molecule has 8 rings (SSSR count). The van der Waals surface area contributed by atoms with E-state index in [4.69, 9.17) is 9.98 Å². The lowest BCUT2D eigenvalue weighted by molar-refractivity contribution is 0.796. The van der Waals surface area contributed by atoms with Gasteiger partial charge in [-0.25, -0.2) is 4.98 Å². The molecule has 0 aliphatic carbocycles. The van der Waals surface area contributed by atoms with Gasteiger partial charge in [0.15, 0.2) is 0 Å². The molecule has 0 aliphatic rings. The van der Waals surface area contributed by atoms with Crippen molar-refractivity contribution in [3.63, 3.8) is 0 Å². The van der Waals surface area contributed by atoms with E-state index in [1.165, 1.54) is 66.5 Å². The molecule has 216 valence electrons. The van der Waals surface area contributed by atoms with Gasteiger partial charge in [0.25, 0.3) is 0 Å². The van der Waals surface area contributed by atoms with Crippen LogP contribution in [-0.2, 0) is 6.42 Å². The Balaban J connectivity index is 1.27. The molecule has 0 bridgehead atoms. The first-order chi connectivity index (χ1) is 22.3. The van der Waals surface area contributed by atoms with Gasteiger partial charge >= 0.3 is 0 Å². The van der Waals surface area contributed by atoms with Gasteiger partial charge in [-0.3, -0.25) is 4.99 Å². The summed E-state index contributed by atoms with van der Waals surface area (Å²) in [7, 11) is 0. The van der Waals surface area contributed by atoms with E-state index in [0.29, 0.717) is 0 Å². The lowest BCUT2D eigenvalue weighted by atomic mass is 9.95. The summed E-state index contributed by atoms with van der Waals surface area (Å²) in [5.41, 5.74) is 7.97. The topological polar surface area (TPSA) is 25.2 Å². The van der Waals surface area contributed by atoms with E-state index < -0.39 is 0 Å². The molecule has 1 heterocycles. The second-order valence-corrected chi connectivity index (χ2v) is 12.7. The Labute approximate surface area is 267 Å². The summed E-state index contributed by atoms with van der Waals surface area (Å²) in [4.78, 5) is 10.4. The Morgan fingerprint density at radius 1 is 0.622 bits per heavy atom. The number of fused-ring (bicyclic) bond motifs is 5. The van der Waals surface area contributed by atoms with Gasteiger partial charge in [-0.2, -0.15) is 0 Å². The van der Waals surface area contributed by atoms with E-state index in [1.54, 1.807) is 11.3 Å². The molecule has 0 N–H and O–H groups in total. The molecule has 0 aliphatic heterocycles. The summed E-state index contributed by atoms with van der Waals surface area (Å²) in [6.07, 6.45) is 5.43. The molecule has 0 radical (unpaired) electrons. The monoisotopic (exact) mass is 596 g/mol. The molecule has 0 saturated heterocycles. The first-order valence-electron chi connectivity index (χ1n) is 15.7. The van der Waals surface area contributed by atoms with E-state index >= 15 is 0 Å². The summed E-state index contributed by atoms with van der Waals surface area (Å²) in [5.74, 6) is 0. The van der Waals surface area contributed by atoms with Crippen LogP contribution in [0.3, 0.4) is 0 Å². The van der Waals surface area contributed by atoms with Crippen LogP contribution < -0.4 is 0 Å². The molecule has 2 nitrogen and oxygen atoms in total. The number of rotatable bonds is 7. The zero-order valence-corrected chi connectivity index (χ0v) is 26.0. The average Bonchev–Trinajstić information content (AvgIpc) is 3.53. The molecular formula is C42H32N2S. The molecule has 0 spiro atoms. The van der Waals surface area contributed by atoms with Crippen LogP contribution in [0.25, 0.3) is 64.2 Å². The summed E-state index contributed by atoms with van der Waals surface area (Å²) < 4.78 is 1.22. The van der Waals surface area contributed by atoms with Crippen molar-refractivity contribution in [2.75, 3.05) is 0 Å². The number of hydrogen-bond donors (Lipinski definition) is 0. The normalized spacial score (nSPS) is 11.8. The van der Waals surface area contributed by atoms with Crippen LogP contribution in [0.2, 0.25) is 0 Å². The van der Waals surface area contributed by atoms with Crippen molar-refractivity contribution in [3.8, 4) is 21.7 Å². The van der Waals surface area contributed by atoms with Gasteiger partial charge in [0.1, 0.15) is 5.01 Å². The van der Waals surface area contributed by atoms with Gasteiger partial charge in [-0.15, -0.1) is 11.3 Å². The second kappa shape index (κ2) is 11.8. The number of aliphatic imine (C=N–C) groups is 1. The summed E-state index contributed by atoms with van der Waals surface area (Å²) in [6, 6.07) is 47.8. The van der Waals surface area contributed by atoms with Gasteiger partial charge in [0.05, 0.1) is 15.9 Å². The standard InChI is InChI=1S/C42H32N2S/c1-2-3-13-28-24-38(36-22-12-16-29-14-4-6-17-32(29)36)41-40(25-28)45-42(44-41)37-21-10-11-23-39(37)43-27-31-26-30-15-5-7-18-33(30)35-20-9-8-19-34(31)35/h4-12,14-27H,2-3,13H2,1H3/b43-27+. The van der Waals surface area contributed by atoms with E-state index in [1.807, 2.05) is 6.21 Å². The summed E-state index contributed by atoms with van der Waals surface area (Å²) in [6.45, 7) is 2.26. The highest BCUT2D eigenvalue weighted by molar-refractivity contribution is 7.21. The van der Waals surface area contributed by atoms with Crippen LogP contribution >= 0.6 is 11.3 Å². The zero-order valence-electron chi connectivity index (χ0n) is 25.2. The van der Waals surface area contributed by atoms with Crippen molar-refractivity contribution in [3.05, 3.63) is 145 Å². The molecule has 0 unspecified atom stereocenters. The van der Waals surface area contributed by atoms with E-state index in [9.17, 15) is 0 Å². The minimum atomic E-state index is 0.923. The Morgan fingerprint density at radius 3 is 2.18 bits per heavy atom. The van der Waals surface area contributed by atoms with Gasteiger partial charge in [0.2, 0.25) is 0 Å². The van der Waals surface area contributed by atoms with Crippen molar-refractivity contribution in [1.29, 1.82) is 0 Å². The van der Waals surface area contributed by atoms with Crippen molar-refractivity contribution in [2.45, 2.75) is 26.2 Å². The van der Waals surface area contributed by atoms with Crippen LogP contribution in [0.5, 0.6) is 0 Å². The lowest BCUT2D eigenvalue weighted by Gasteiger charge is -2.10. The SMILES string of the molecule is CCCCc1cc(-c2cccc3ccccc23)c2nc(-c3ccccc3/N=C/c3cc4ccccc4c4ccccc34)sc2c1. The minimum Gasteiger partial charge on any atom is -0.256 e. The Kier molecular flexibility index (Phi) is 7.17. The summed E-state index contributed by atoms with van der Waals surface area (Å²) >= 11 is 1.77. The number of unbranched alkanes of at least 4 members (excludes halogenated alkanes) is 1. The van der Waals surface area contributed by atoms with E-state index in [-0.39, 0.29) is 0 Å². The maximum absolute atomic E-state index is 5.34. The average molecular weight is 597 g/mol. The fourth-order valence-corrected chi connectivity index (χ4v) is 7.58. The molecule has 0 atom stereocenters. The van der Waals surface area contributed by atoms with Gasteiger partial charge in [0, 0.05) is 22.9 Å². The van der Waals surface area contributed by atoms with Gasteiger partial charge in [-0.05, 0) is 86.6 Å². The Morgan fingerprint density at radius 2 is 1.31 bits per heavy atom. The molecular weight excluding hydrogens is 565 g/mol. The maximum Gasteiger partial charge on any atom is 0.126 e. The van der Waals surface area contributed by atoms with Gasteiger partial charge < -0.3 is 0 Å². The molecule has 0 fully saturated rings. The van der Waals surface area contributed by atoms with E-state index in [2.05, 4.69) is 140 Å². The molecule has 3 heteroatoms. The fraction of sp³-hybridized carbons (Fsp3) is 0.0952.